The third-order valence-electron chi connectivity index (χ3n) is 4.65. The quantitative estimate of drug-likeness (QED) is 0.813. The van der Waals surface area contributed by atoms with Gasteiger partial charge in [-0.1, -0.05) is 30.3 Å². The van der Waals surface area contributed by atoms with E-state index in [2.05, 4.69) is 29.2 Å². The van der Waals surface area contributed by atoms with Crippen molar-refractivity contribution in [3.8, 4) is 0 Å². The van der Waals surface area contributed by atoms with Crippen molar-refractivity contribution >= 4 is 17.7 Å². The average molecular weight is 259 g/mol. The lowest BCUT2D eigenvalue weighted by molar-refractivity contribution is -0.134. The fourth-order valence-corrected chi connectivity index (χ4v) is 4.87. The summed E-state index contributed by atoms with van der Waals surface area (Å²) in [6.07, 6.45) is 3.30. The van der Waals surface area contributed by atoms with Crippen LogP contribution in [0.5, 0.6) is 0 Å². The molecule has 1 amide bonds. The lowest BCUT2D eigenvalue weighted by Crippen LogP contribution is -2.44. The zero-order valence-electron chi connectivity index (χ0n) is 10.3. The molecule has 2 bridgehead atoms. The van der Waals surface area contributed by atoms with E-state index in [1.54, 1.807) is 0 Å². The third kappa shape index (κ3) is 1.46. The highest BCUT2D eigenvalue weighted by atomic mass is 32.2. The summed E-state index contributed by atoms with van der Waals surface area (Å²) in [6.45, 7) is 0.989. The topological polar surface area (TPSA) is 20.3 Å². The lowest BCUT2D eigenvalue weighted by atomic mass is 9.94. The van der Waals surface area contributed by atoms with Gasteiger partial charge in [-0.2, -0.15) is 11.8 Å². The molecule has 0 spiro atoms. The second kappa shape index (κ2) is 3.77. The molecule has 0 aromatic heterocycles. The van der Waals surface area contributed by atoms with Crippen molar-refractivity contribution in [3.63, 3.8) is 0 Å². The normalized spacial score (nSPS) is 31.7. The number of amides is 1. The van der Waals surface area contributed by atoms with Crippen LogP contribution in [0.1, 0.15) is 24.8 Å². The van der Waals surface area contributed by atoms with Crippen LogP contribution in [0.2, 0.25) is 0 Å². The number of benzene rings is 1. The summed E-state index contributed by atoms with van der Waals surface area (Å²) < 4.78 is 0. The van der Waals surface area contributed by atoms with Gasteiger partial charge in [-0.05, 0) is 24.8 Å². The van der Waals surface area contributed by atoms with Gasteiger partial charge < -0.3 is 4.90 Å². The molecule has 0 N–H and O–H groups in total. The van der Waals surface area contributed by atoms with Crippen LogP contribution in [0.4, 0.5) is 0 Å². The summed E-state index contributed by atoms with van der Waals surface area (Å²) in [5.41, 5.74) is 1.07. The Labute approximate surface area is 112 Å². The Balaban J connectivity index is 1.62. The Bertz CT molecular complexity index is 483. The third-order valence-corrected chi connectivity index (χ3v) is 6.04. The minimum absolute atomic E-state index is 0.156. The van der Waals surface area contributed by atoms with Crippen molar-refractivity contribution in [2.45, 2.75) is 36.0 Å². The molecule has 1 aromatic carbocycles. The van der Waals surface area contributed by atoms with Crippen molar-refractivity contribution in [2.75, 3.05) is 12.3 Å². The molecule has 3 heteroatoms. The van der Waals surface area contributed by atoms with Crippen LogP contribution in [-0.4, -0.2) is 34.4 Å². The molecule has 2 heterocycles. The Kier molecular flexibility index (Phi) is 2.28. The van der Waals surface area contributed by atoms with Crippen LogP contribution in [0.25, 0.3) is 0 Å². The van der Waals surface area contributed by atoms with Gasteiger partial charge in [-0.25, -0.2) is 0 Å². The van der Waals surface area contributed by atoms with E-state index in [0.717, 1.165) is 25.1 Å². The predicted octanol–water partition coefficient (Wildman–Crippen LogP) is 2.43. The van der Waals surface area contributed by atoms with Gasteiger partial charge in [0.25, 0.3) is 0 Å². The highest BCUT2D eigenvalue weighted by molar-refractivity contribution is 8.00. The standard InChI is InChI=1S/C15H17NOS/c17-14(16-9-13-8-12(16)10-18-13)15(6-7-15)11-4-2-1-3-5-11/h1-5,12-13H,6-10H2. The van der Waals surface area contributed by atoms with Crippen molar-refractivity contribution in [3.05, 3.63) is 35.9 Å². The first-order valence-electron chi connectivity index (χ1n) is 6.78. The van der Waals surface area contributed by atoms with Gasteiger partial charge in [-0.3, -0.25) is 4.79 Å². The maximum absolute atomic E-state index is 12.8. The first-order valence-corrected chi connectivity index (χ1v) is 7.83. The number of hydrogen-bond acceptors (Lipinski definition) is 2. The molecular formula is C15H17NOS. The SMILES string of the molecule is O=C(N1CC2CC1CS2)C1(c2ccccc2)CC1. The summed E-state index contributed by atoms with van der Waals surface area (Å²) in [4.78, 5) is 15.0. The van der Waals surface area contributed by atoms with Crippen LogP contribution >= 0.6 is 11.8 Å². The molecule has 1 saturated carbocycles. The van der Waals surface area contributed by atoms with Gasteiger partial charge in [0, 0.05) is 23.6 Å². The molecule has 94 valence electrons. The molecule has 3 aliphatic rings. The van der Waals surface area contributed by atoms with Gasteiger partial charge in [0.2, 0.25) is 5.91 Å². The van der Waals surface area contributed by atoms with E-state index < -0.39 is 0 Å². The number of rotatable bonds is 2. The molecule has 0 radical (unpaired) electrons. The summed E-state index contributed by atoms with van der Waals surface area (Å²) in [5.74, 6) is 1.56. The average Bonchev–Trinajstić information content (AvgIpc) is 2.97. The zero-order chi connectivity index (χ0) is 12.2. The molecule has 18 heavy (non-hydrogen) atoms. The van der Waals surface area contributed by atoms with E-state index in [9.17, 15) is 4.79 Å². The molecule has 2 unspecified atom stereocenters. The van der Waals surface area contributed by atoms with Gasteiger partial charge in [-0.15, -0.1) is 0 Å². The first kappa shape index (κ1) is 10.9. The van der Waals surface area contributed by atoms with Crippen LogP contribution in [-0.2, 0) is 10.2 Å². The van der Waals surface area contributed by atoms with Crippen LogP contribution in [0.15, 0.2) is 30.3 Å². The fraction of sp³-hybridized carbons (Fsp3) is 0.533. The smallest absolute Gasteiger partial charge is 0.233 e. The van der Waals surface area contributed by atoms with Crippen molar-refractivity contribution in [2.24, 2.45) is 0 Å². The highest BCUT2D eigenvalue weighted by Gasteiger charge is 2.56. The number of likely N-dealkylation sites (tertiary alicyclic amines) is 1. The van der Waals surface area contributed by atoms with Crippen molar-refractivity contribution < 1.29 is 4.79 Å². The minimum atomic E-state index is -0.156. The number of thioether (sulfide) groups is 1. The minimum Gasteiger partial charge on any atom is -0.337 e. The number of hydrogen-bond donors (Lipinski definition) is 0. The number of carbonyl (C=O) groups excluding carboxylic acids is 1. The van der Waals surface area contributed by atoms with Gasteiger partial charge in [0.05, 0.1) is 5.41 Å². The summed E-state index contributed by atoms with van der Waals surface area (Å²) in [7, 11) is 0. The van der Waals surface area contributed by atoms with E-state index in [-0.39, 0.29) is 5.41 Å². The van der Waals surface area contributed by atoms with E-state index in [1.165, 1.54) is 12.0 Å². The largest absolute Gasteiger partial charge is 0.337 e. The molecule has 2 atom stereocenters. The molecular weight excluding hydrogens is 242 g/mol. The summed E-state index contributed by atoms with van der Waals surface area (Å²) in [6, 6.07) is 10.9. The molecule has 1 aliphatic carbocycles. The van der Waals surface area contributed by atoms with E-state index in [1.807, 2.05) is 17.8 Å². The van der Waals surface area contributed by atoms with Crippen LogP contribution in [0.3, 0.4) is 0 Å². The van der Waals surface area contributed by atoms with Crippen molar-refractivity contribution in [1.29, 1.82) is 0 Å². The molecule has 1 aromatic rings. The Morgan fingerprint density at radius 1 is 1.28 bits per heavy atom. The fourth-order valence-electron chi connectivity index (χ4n) is 3.43. The second-order valence-electron chi connectivity index (χ2n) is 5.75. The van der Waals surface area contributed by atoms with E-state index in [4.69, 9.17) is 0 Å². The van der Waals surface area contributed by atoms with Gasteiger partial charge in [0.15, 0.2) is 0 Å². The zero-order valence-corrected chi connectivity index (χ0v) is 11.2. The van der Waals surface area contributed by atoms with Gasteiger partial charge in [0.1, 0.15) is 0 Å². The highest BCUT2D eigenvalue weighted by Crippen LogP contribution is 2.51. The molecule has 4 rings (SSSR count). The van der Waals surface area contributed by atoms with E-state index in [0.29, 0.717) is 17.2 Å². The predicted molar refractivity (Wildman–Crippen MR) is 73.7 cm³/mol. The summed E-state index contributed by atoms with van der Waals surface area (Å²) in [5, 5.41) is 0.713. The van der Waals surface area contributed by atoms with Gasteiger partial charge >= 0.3 is 0 Å². The maximum Gasteiger partial charge on any atom is 0.233 e. The Hall–Kier alpha value is -0.960. The molecule has 2 aliphatic heterocycles. The number of fused-ring (bicyclic) bond motifs is 2. The monoisotopic (exact) mass is 259 g/mol. The van der Waals surface area contributed by atoms with Crippen LogP contribution < -0.4 is 0 Å². The number of carbonyl (C=O) groups is 1. The molecule has 2 nitrogen and oxygen atoms in total. The van der Waals surface area contributed by atoms with Crippen LogP contribution in [0, 0.1) is 0 Å². The van der Waals surface area contributed by atoms with E-state index >= 15 is 0 Å². The maximum atomic E-state index is 12.8. The molecule has 3 fully saturated rings. The first-order chi connectivity index (χ1) is 8.79. The van der Waals surface area contributed by atoms with Crippen molar-refractivity contribution in [1.82, 2.24) is 4.90 Å². The molecule has 2 saturated heterocycles. The summed E-state index contributed by atoms with van der Waals surface area (Å²) >= 11 is 2.05. The number of nitrogens with zero attached hydrogens (tertiary/aromatic N) is 1. The lowest BCUT2D eigenvalue weighted by Gasteiger charge is -2.30. The Morgan fingerprint density at radius 3 is 2.61 bits per heavy atom. The Morgan fingerprint density at radius 2 is 2.06 bits per heavy atom. The second-order valence-corrected chi connectivity index (χ2v) is 7.08.